The summed E-state index contributed by atoms with van der Waals surface area (Å²) in [5.74, 6) is 0.884. The van der Waals surface area contributed by atoms with Gasteiger partial charge in [-0.05, 0) is 36.1 Å². The van der Waals surface area contributed by atoms with Crippen LogP contribution in [-0.2, 0) is 11.2 Å². The lowest BCUT2D eigenvalue weighted by molar-refractivity contribution is -0.133. The summed E-state index contributed by atoms with van der Waals surface area (Å²) in [6.07, 6.45) is 0.173. The van der Waals surface area contributed by atoms with Gasteiger partial charge in [0.1, 0.15) is 11.6 Å². The summed E-state index contributed by atoms with van der Waals surface area (Å²) in [6.45, 7) is 3.73. The lowest BCUT2D eigenvalue weighted by Gasteiger charge is -2.36. The van der Waals surface area contributed by atoms with Gasteiger partial charge in [-0.3, -0.25) is 4.79 Å². The molecule has 0 aliphatic carbocycles. The molecule has 1 saturated heterocycles. The number of rotatable bonds is 4. The minimum atomic E-state index is -0.293. The zero-order chi connectivity index (χ0) is 18.8. The van der Waals surface area contributed by atoms with Crippen molar-refractivity contribution in [3.8, 4) is 10.8 Å². The average Bonchev–Trinajstić information content (AvgIpc) is 3.32. The van der Waals surface area contributed by atoms with Gasteiger partial charge in [0, 0.05) is 19.6 Å². The Morgan fingerprint density at radius 1 is 1.34 bits per heavy atom. The van der Waals surface area contributed by atoms with Crippen LogP contribution in [0.25, 0.3) is 10.8 Å². The molecular weight excluding hydrogens is 436 g/mol. The summed E-state index contributed by atoms with van der Waals surface area (Å²) >= 11 is 1.55. The van der Waals surface area contributed by atoms with E-state index in [0.717, 1.165) is 17.0 Å². The number of oxazole rings is 1. The molecule has 4 rings (SSSR count). The van der Waals surface area contributed by atoms with Crippen LogP contribution in [0.5, 0.6) is 0 Å². The third kappa shape index (κ3) is 5.17. The van der Waals surface area contributed by atoms with Crippen molar-refractivity contribution in [3.05, 3.63) is 64.6 Å². The van der Waals surface area contributed by atoms with Crippen molar-refractivity contribution in [2.24, 2.45) is 0 Å². The summed E-state index contributed by atoms with van der Waals surface area (Å²) in [7, 11) is 0. The Morgan fingerprint density at radius 3 is 2.90 bits per heavy atom. The highest BCUT2D eigenvalue weighted by atomic mass is 35.5. The molecule has 3 heterocycles. The maximum Gasteiger partial charge on any atom is 0.236 e. The quantitative estimate of drug-likeness (QED) is 0.630. The number of piperazine rings is 1. The molecule has 0 radical (unpaired) electrons. The predicted molar refractivity (Wildman–Crippen MR) is 116 cm³/mol. The van der Waals surface area contributed by atoms with E-state index in [1.165, 1.54) is 12.1 Å². The fourth-order valence-corrected chi connectivity index (χ4v) is 4.01. The molecule has 3 aromatic rings. The van der Waals surface area contributed by atoms with Gasteiger partial charge in [0.2, 0.25) is 11.8 Å². The molecule has 1 aromatic carbocycles. The van der Waals surface area contributed by atoms with E-state index in [1.54, 1.807) is 17.4 Å². The first-order valence-electron chi connectivity index (χ1n) is 8.87. The van der Waals surface area contributed by atoms with Crippen molar-refractivity contribution in [1.82, 2.24) is 15.2 Å². The number of nitrogens with one attached hydrogen (secondary N) is 1. The molecule has 1 unspecified atom stereocenters. The predicted octanol–water partition coefficient (Wildman–Crippen LogP) is 4.41. The Morgan fingerprint density at radius 2 is 2.17 bits per heavy atom. The van der Waals surface area contributed by atoms with Crippen LogP contribution in [0.2, 0.25) is 0 Å². The van der Waals surface area contributed by atoms with E-state index < -0.39 is 0 Å². The Hall–Kier alpha value is -1.93. The molecule has 5 nitrogen and oxygen atoms in total. The molecule has 0 bridgehead atoms. The number of thiophene rings is 1. The van der Waals surface area contributed by atoms with Gasteiger partial charge < -0.3 is 14.6 Å². The number of nitrogens with zero attached hydrogens (tertiary/aromatic N) is 2. The van der Waals surface area contributed by atoms with Gasteiger partial charge in [-0.1, -0.05) is 18.2 Å². The number of aryl methyl sites for hydroxylation is 1. The third-order valence-electron chi connectivity index (χ3n) is 4.74. The van der Waals surface area contributed by atoms with E-state index >= 15 is 0 Å². The molecule has 29 heavy (non-hydrogen) atoms. The molecular formula is C20H22Cl2FN3O2S. The lowest BCUT2D eigenvalue weighted by Crippen LogP contribution is -2.49. The highest BCUT2D eigenvalue weighted by molar-refractivity contribution is 7.13. The second-order valence-electron chi connectivity index (χ2n) is 6.54. The van der Waals surface area contributed by atoms with E-state index in [1.807, 2.05) is 35.4 Å². The van der Waals surface area contributed by atoms with Crippen LogP contribution in [0.15, 0.2) is 46.2 Å². The minimum Gasteiger partial charge on any atom is -0.440 e. The number of carbonyl (C=O) groups excluding carboxylic acids is 1. The Labute approximate surface area is 185 Å². The number of hydrogen-bond acceptors (Lipinski definition) is 5. The Kier molecular flexibility index (Phi) is 8.22. The number of amides is 1. The number of halogens is 3. The van der Waals surface area contributed by atoms with Crippen LogP contribution in [0.4, 0.5) is 4.39 Å². The molecule has 1 amide bonds. The number of aromatic nitrogens is 1. The molecule has 1 atom stereocenters. The summed E-state index contributed by atoms with van der Waals surface area (Å²) in [5, 5.41) is 5.25. The second kappa shape index (κ2) is 10.2. The van der Waals surface area contributed by atoms with Gasteiger partial charge in [0.15, 0.2) is 0 Å². The minimum absolute atomic E-state index is 0. The van der Waals surface area contributed by atoms with Crippen LogP contribution < -0.4 is 5.32 Å². The monoisotopic (exact) mass is 457 g/mol. The molecule has 0 spiro atoms. The number of benzene rings is 1. The zero-order valence-corrected chi connectivity index (χ0v) is 18.2. The topological polar surface area (TPSA) is 58.4 Å². The maximum absolute atomic E-state index is 13.6. The summed E-state index contributed by atoms with van der Waals surface area (Å²) in [6, 6.07) is 10.1. The second-order valence-corrected chi connectivity index (χ2v) is 7.49. The molecule has 2 aromatic heterocycles. The first-order valence-corrected chi connectivity index (χ1v) is 9.75. The van der Waals surface area contributed by atoms with Crippen LogP contribution in [0.1, 0.15) is 23.1 Å². The van der Waals surface area contributed by atoms with Crippen molar-refractivity contribution in [2.75, 3.05) is 19.6 Å². The molecule has 1 aliphatic rings. The molecule has 156 valence electrons. The van der Waals surface area contributed by atoms with Crippen molar-refractivity contribution >= 4 is 42.1 Å². The number of carbonyl (C=O) groups is 1. The average molecular weight is 458 g/mol. The van der Waals surface area contributed by atoms with E-state index in [2.05, 4.69) is 10.3 Å². The smallest absolute Gasteiger partial charge is 0.236 e. The zero-order valence-electron chi connectivity index (χ0n) is 15.8. The van der Waals surface area contributed by atoms with Crippen molar-refractivity contribution in [3.63, 3.8) is 0 Å². The van der Waals surface area contributed by atoms with Crippen LogP contribution in [0.3, 0.4) is 0 Å². The van der Waals surface area contributed by atoms with E-state index in [0.29, 0.717) is 30.4 Å². The summed E-state index contributed by atoms with van der Waals surface area (Å²) < 4.78 is 19.4. The molecule has 1 fully saturated rings. The van der Waals surface area contributed by atoms with Crippen molar-refractivity contribution in [2.45, 2.75) is 19.4 Å². The van der Waals surface area contributed by atoms with Crippen LogP contribution >= 0.6 is 36.2 Å². The van der Waals surface area contributed by atoms with Gasteiger partial charge in [-0.25, -0.2) is 9.37 Å². The van der Waals surface area contributed by atoms with Gasteiger partial charge in [-0.15, -0.1) is 36.2 Å². The van der Waals surface area contributed by atoms with Gasteiger partial charge >= 0.3 is 0 Å². The van der Waals surface area contributed by atoms with Gasteiger partial charge in [0.05, 0.1) is 23.0 Å². The Balaban J connectivity index is 0.00000150. The standard InChI is InChI=1S/C20H20FN3O2S.2ClH/c1-13-16(23-20(26-13)18-6-3-9-27-18)11-19(25)24-8-7-22-12-17(24)14-4-2-5-15(21)10-14;;/h2-6,9-10,17,22H,7-8,11-12H2,1H3;2*1H. The normalized spacial score (nSPS) is 16.1. The SMILES string of the molecule is Cc1oc(-c2cccs2)nc1CC(=O)N1CCNCC1c1cccc(F)c1.Cl.Cl. The first kappa shape index (κ1) is 23.3. The van der Waals surface area contributed by atoms with E-state index in [9.17, 15) is 9.18 Å². The van der Waals surface area contributed by atoms with Crippen LogP contribution in [-0.4, -0.2) is 35.4 Å². The highest BCUT2D eigenvalue weighted by Crippen LogP contribution is 2.28. The molecule has 1 N–H and O–H groups in total. The lowest BCUT2D eigenvalue weighted by atomic mass is 10.0. The highest BCUT2D eigenvalue weighted by Gasteiger charge is 2.29. The Bertz CT molecular complexity index is 949. The summed E-state index contributed by atoms with van der Waals surface area (Å²) in [4.78, 5) is 20.3. The molecule has 9 heteroatoms. The van der Waals surface area contributed by atoms with Crippen molar-refractivity contribution < 1.29 is 13.6 Å². The van der Waals surface area contributed by atoms with Crippen LogP contribution in [0, 0.1) is 12.7 Å². The summed E-state index contributed by atoms with van der Waals surface area (Å²) in [5.41, 5.74) is 1.45. The maximum atomic E-state index is 13.6. The van der Waals surface area contributed by atoms with Gasteiger partial charge in [0.25, 0.3) is 0 Å². The molecule has 0 saturated carbocycles. The first-order chi connectivity index (χ1) is 13.1. The third-order valence-corrected chi connectivity index (χ3v) is 5.60. The van der Waals surface area contributed by atoms with Crippen molar-refractivity contribution in [1.29, 1.82) is 0 Å². The largest absolute Gasteiger partial charge is 0.440 e. The van der Waals surface area contributed by atoms with Gasteiger partial charge in [-0.2, -0.15) is 0 Å². The molecule has 1 aliphatic heterocycles. The fourth-order valence-electron chi connectivity index (χ4n) is 3.36. The number of hydrogen-bond donors (Lipinski definition) is 1. The van der Waals surface area contributed by atoms with E-state index in [4.69, 9.17) is 4.42 Å². The fraction of sp³-hybridized carbons (Fsp3) is 0.300. The van der Waals surface area contributed by atoms with E-state index in [-0.39, 0.29) is 49.0 Å².